The van der Waals surface area contributed by atoms with Crippen LogP contribution in [0.15, 0.2) is 65.1 Å². The summed E-state index contributed by atoms with van der Waals surface area (Å²) in [5.41, 5.74) is 5.34. The van der Waals surface area contributed by atoms with Gasteiger partial charge in [0.05, 0.1) is 29.9 Å². The summed E-state index contributed by atoms with van der Waals surface area (Å²) in [5.74, 6) is 1.02. The zero-order valence-corrected chi connectivity index (χ0v) is 18.9. The van der Waals surface area contributed by atoms with Crippen LogP contribution in [0.2, 0.25) is 0 Å². The van der Waals surface area contributed by atoms with Gasteiger partial charge in [0.25, 0.3) is 0 Å². The summed E-state index contributed by atoms with van der Waals surface area (Å²) in [5, 5.41) is 19.6. The number of carbonyl (C=O) groups excluding carboxylic acids is 1. The molecule has 168 valence electrons. The van der Waals surface area contributed by atoms with Crippen molar-refractivity contribution in [1.29, 1.82) is 10.5 Å². The first-order chi connectivity index (χ1) is 16.5. The van der Waals surface area contributed by atoms with Crippen LogP contribution in [0.4, 0.5) is 0 Å². The van der Waals surface area contributed by atoms with Crippen LogP contribution in [0.1, 0.15) is 34.9 Å². The monoisotopic (exact) mass is 450 g/mol. The maximum atomic E-state index is 11.1. The predicted octanol–water partition coefficient (Wildman–Crippen LogP) is 5.84. The summed E-state index contributed by atoms with van der Waals surface area (Å²) in [7, 11) is 0. The number of fused-ring (bicyclic) bond motifs is 1. The molecule has 0 N–H and O–H groups in total. The van der Waals surface area contributed by atoms with Crippen molar-refractivity contribution >= 4 is 16.9 Å². The average molecular weight is 450 g/mol. The van der Waals surface area contributed by atoms with Gasteiger partial charge in [-0.3, -0.25) is 4.79 Å². The molecule has 34 heavy (non-hydrogen) atoms. The fraction of sp³-hybridized carbons (Fsp3) is 0.179. The van der Waals surface area contributed by atoms with E-state index in [2.05, 4.69) is 12.1 Å². The highest BCUT2D eigenvalue weighted by atomic mass is 16.5. The Balaban J connectivity index is 1.66. The van der Waals surface area contributed by atoms with Crippen molar-refractivity contribution < 1.29 is 18.7 Å². The second kappa shape index (κ2) is 9.94. The Labute approximate surface area is 197 Å². The Bertz CT molecular complexity index is 1450. The predicted molar refractivity (Wildman–Crippen MR) is 127 cm³/mol. The van der Waals surface area contributed by atoms with E-state index in [1.807, 2.05) is 49.4 Å². The van der Waals surface area contributed by atoms with Gasteiger partial charge in [0, 0.05) is 24.3 Å². The van der Waals surface area contributed by atoms with Gasteiger partial charge in [-0.25, -0.2) is 0 Å². The fourth-order valence-corrected chi connectivity index (χ4v) is 3.83. The van der Waals surface area contributed by atoms with Crippen molar-refractivity contribution in [3.8, 4) is 29.0 Å². The number of aryl methyl sites for hydroxylation is 1. The molecule has 4 rings (SSSR count). The third kappa shape index (κ3) is 5.09. The SMILES string of the molecule is CC(=O)OCCc1ccc(C#N)cc1OCc1cc(-c2cccc(C#N)c2)c2oc(C)cc2c1. The van der Waals surface area contributed by atoms with Gasteiger partial charge in [0.2, 0.25) is 0 Å². The van der Waals surface area contributed by atoms with Crippen molar-refractivity contribution in [2.75, 3.05) is 6.61 Å². The highest BCUT2D eigenvalue weighted by Crippen LogP contribution is 2.33. The van der Waals surface area contributed by atoms with E-state index in [9.17, 15) is 15.3 Å². The molecule has 6 heteroatoms. The second-order valence-corrected chi connectivity index (χ2v) is 7.92. The minimum absolute atomic E-state index is 0.233. The largest absolute Gasteiger partial charge is 0.489 e. The molecule has 0 saturated heterocycles. The van der Waals surface area contributed by atoms with Gasteiger partial charge >= 0.3 is 5.97 Å². The van der Waals surface area contributed by atoms with E-state index in [0.717, 1.165) is 39.0 Å². The first-order valence-electron chi connectivity index (χ1n) is 10.8. The van der Waals surface area contributed by atoms with Crippen molar-refractivity contribution in [2.24, 2.45) is 0 Å². The van der Waals surface area contributed by atoms with Crippen LogP contribution >= 0.6 is 0 Å². The molecule has 0 spiro atoms. The Morgan fingerprint density at radius 1 is 1.00 bits per heavy atom. The highest BCUT2D eigenvalue weighted by molar-refractivity contribution is 5.93. The maximum Gasteiger partial charge on any atom is 0.302 e. The van der Waals surface area contributed by atoms with E-state index in [0.29, 0.717) is 23.3 Å². The zero-order valence-electron chi connectivity index (χ0n) is 18.9. The summed E-state index contributed by atoms with van der Waals surface area (Å²) in [6, 6.07) is 22.9. The molecule has 4 aromatic rings. The summed E-state index contributed by atoms with van der Waals surface area (Å²) in [6.07, 6.45) is 0.479. The van der Waals surface area contributed by atoms with Crippen LogP contribution in [0.25, 0.3) is 22.1 Å². The molecule has 0 atom stereocenters. The molecule has 0 saturated carbocycles. The van der Waals surface area contributed by atoms with Gasteiger partial charge in [0.1, 0.15) is 23.7 Å². The lowest BCUT2D eigenvalue weighted by atomic mass is 9.99. The summed E-state index contributed by atoms with van der Waals surface area (Å²) >= 11 is 0. The van der Waals surface area contributed by atoms with Gasteiger partial charge in [-0.2, -0.15) is 10.5 Å². The smallest absolute Gasteiger partial charge is 0.302 e. The lowest BCUT2D eigenvalue weighted by Crippen LogP contribution is -2.05. The number of furan rings is 1. The Morgan fingerprint density at radius 2 is 1.79 bits per heavy atom. The van der Waals surface area contributed by atoms with E-state index in [1.165, 1.54) is 6.92 Å². The van der Waals surface area contributed by atoms with Crippen LogP contribution in [0.3, 0.4) is 0 Å². The first-order valence-corrected chi connectivity index (χ1v) is 10.8. The van der Waals surface area contributed by atoms with Crippen LogP contribution in [0, 0.1) is 29.6 Å². The summed E-state index contributed by atoms with van der Waals surface area (Å²) < 4.78 is 17.2. The maximum absolute atomic E-state index is 11.1. The van der Waals surface area contributed by atoms with Gasteiger partial charge in [-0.1, -0.05) is 18.2 Å². The quantitative estimate of drug-likeness (QED) is 0.328. The number of benzene rings is 3. The van der Waals surface area contributed by atoms with E-state index < -0.39 is 0 Å². The molecule has 1 heterocycles. The number of nitrogens with zero attached hydrogens (tertiary/aromatic N) is 2. The number of esters is 1. The minimum atomic E-state index is -0.340. The van der Waals surface area contributed by atoms with Crippen LogP contribution in [0.5, 0.6) is 5.75 Å². The molecule has 0 bridgehead atoms. The van der Waals surface area contributed by atoms with Gasteiger partial charge in [-0.05, 0) is 66.1 Å². The molecule has 0 radical (unpaired) electrons. The van der Waals surface area contributed by atoms with E-state index >= 15 is 0 Å². The van der Waals surface area contributed by atoms with Crippen LogP contribution < -0.4 is 4.74 Å². The van der Waals surface area contributed by atoms with Crippen molar-refractivity contribution in [1.82, 2.24) is 0 Å². The molecule has 1 aromatic heterocycles. The van der Waals surface area contributed by atoms with Crippen LogP contribution in [-0.4, -0.2) is 12.6 Å². The number of hydrogen-bond acceptors (Lipinski definition) is 6. The van der Waals surface area contributed by atoms with E-state index in [1.54, 1.807) is 18.2 Å². The van der Waals surface area contributed by atoms with E-state index in [4.69, 9.17) is 13.9 Å². The van der Waals surface area contributed by atoms with Crippen molar-refractivity contribution in [2.45, 2.75) is 26.9 Å². The molecular weight excluding hydrogens is 428 g/mol. The molecule has 0 aliphatic heterocycles. The topological polar surface area (TPSA) is 96.3 Å². The van der Waals surface area contributed by atoms with Gasteiger partial charge in [0.15, 0.2) is 0 Å². The van der Waals surface area contributed by atoms with Gasteiger partial charge in [-0.15, -0.1) is 0 Å². The second-order valence-electron chi connectivity index (χ2n) is 7.92. The minimum Gasteiger partial charge on any atom is -0.489 e. The normalized spacial score (nSPS) is 10.5. The summed E-state index contributed by atoms with van der Waals surface area (Å²) in [6.45, 7) is 3.76. The molecule has 6 nitrogen and oxygen atoms in total. The molecule has 0 amide bonds. The fourth-order valence-electron chi connectivity index (χ4n) is 3.83. The lowest BCUT2D eigenvalue weighted by molar-refractivity contribution is -0.140. The molecule has 0 unspecified atom stereocenters. The first kappa shape index (κ1) is 22.6. The molecular formula is C28H22N2O4. The Kier molecular flexibility index (Phi) is 6.62. The number of rotatable bonds is 7. The lowest BCUT2D eigenvalue weighted by Gasteiger charge is -2.13. The molecule has 0 fully saturated rings. The van der Waals surface area contributed by atoms with Crippen LogP contribution in [-0.2, 0) is 22.6 Å². The number of carbonyl (C=O) groups is 1. The van der Waals surface area contributed by atoms with Crippen molar-refractivity contribution in [3.63, 3.8) is 0 Å². The third-order valence-corrected chi connectivity index (χ3v) is 5.37. The number of ether oxygens (including phenoxy) is 2. The molecule has 0 aliphatic rings. The third-order valence-electron chi connectivity index (χ3n) is 5.37. The number of hydrogen-bond donors (Lipinski definition) is 0. The van der Waals surface area contributed by atoms with Crippen molar-refractivity contribution in [3.05, 3.63) is 88.7 Å². The average Bonchev–Trinajstić information content (AvgIpc) is 3.22. The Morgan fingerprint density at radius 3 is 2.56 bits per heavy atom. The standard InChI is InChI=1S/C28H22N2O4/c1-18-10-25-12-22(13-26(28(25)34-18)24-5-3-4-20(11-24)15-29)17-33-27-14-21(16-30)6-7-23(27)8-9-32-19(2)31/h3-7,10-14H,8-9,17H2,1-2H3. The van der Waals surface area contributed by atoms with E-state index in [-0.39, 0.29) is 19.2 Å². The summed E-state index contributed by atoms with van der Waals surface area (Å²) in [4.78, 5) is 11.1. The molecule has 3 aromatic carbocycles. The molecule has 0 aliphatic carbocycles. The van der Waals surface area contributed by atoms with Gasteiger partial charge < -0.3 is 13.9 Å². The highest BCUT2D eigenvalue weighted by Gasteiger charge is 2.13. The number of nitriles is 2. The zero-order chi connectivity index (χ0) is 24.1. The Hall–Kier alpha value is -4.55.